The van der Waals surface area contributed by atoms with Gasteiger partial charge in [-0.15, -0.1) is 0 Å². The molecule has 0 fully saturated rings. The molecule has 84 valence electrons. The van der Waals surface area contributed by atoms with E-state index in [1.54, 1.807) is 25.1 Å². The zero-order valence-electron chi connectivity index (χ0n) is 9.87. The van der Waals surface area contributed by atoms with Gasteiger partial charge in [0.25, 0.3) is 0 Å². The maximum Gasteiger partial charge on any atom is 0.143 e. The summed E-state index contributed by atoms with van der Waals surface area (Å²) in [5, 5.41) is 17.5. The predicted octanol–water partition coefficient (Wildman–Crippen LogP) is 2.66. The zero-order valence-corrected chi connectivity index (χ0v) is 9.87. The molecule has 0 amide bonds. The van der Waals surface area contributed by atoms with E-state index in [0.29, 0.717) is 11.3 Å². The van der Waals surface area contributed by atoms with Gasteiger partial charge in [-0.1, -0.05) is 13.8 Å². The highest BCUT2D eigenvalue weighted by Crippen LogP contribution is 2.25. The van der Waals surface area contributed by atoms with Crippen LogP contribution in [0, 0.1) is 28.5 Å². The van der Waals surface area contributed by atoms with Gasteiger partial charge in [-0.3, -0.25) is 0 Å². The van der Waals surface area contributed by atoms with E-state index in [1.807, 2.05) is 19.9 Å². The second-order valence-electron chi connectivity index (χ2n) is 2.94. The highest BCUT2D eigenvalue weighted by Gasteiger charge is 2.14. The maximum atomic E-state index is 13.2. The predicted molar refractivity (Wildman–Crippen MR) is 61.5 cm³/mol. The Labute approximate surface area is 95.3 Å². The summed E-state index contributed by atoms with van der Waals surface area (Å²) in [7, 11) is 3.33. The van der Waals surface area contributed by atoms with E-state index in [-0.39, 0.29) is 5.56 Å². The van der Waals surface area contributed by atoms with Gasteiger partial charge < -0.3 is 4.90 Å². The molecule has 0 aromatic heterocycles. The summed E-state index contributed by atoms with van der Waals surface area (Å²) < 4.78 is 13.2. The average Bonchev–Trinajstić information content (AvgIpc) is 2.31. The third kappa shape index (κ3) is 2.71. The highest BCUT2D eigenvalue weighted by atomic mass is 19.1. The Balaban J connectivity index is 0.00000106. The molecule has 0 heterocycles. The first kappa shape index (κ1) is 13.9. The van der Waals surface area contributed by atoms with Crippen molar-refractivity contribution in [1.29, 1.82) is 10.5 Å². The van der Waals surface area contributed by atoms with Crippen LogP contribution in [0.15, 0.2) is 12.1 Å². The summed E-state index contributed by atoms with van der Waals surface area (Å²) in [6, 6.07) is 6.17. The third-order valence-electron chi connectivity index (χ3n) is 1.81. The molecule has 0 aliphatic rings. The first-order valence-electron chi connectivity index (χ1n) is 4.91. The van der Waals surface area contributed by atoms with Crippen molar-refractivity contribution in [2.45, 2.75) is 13.8 Å². The van der Waals surface area contributed by atoms with Crippen molar-refractivity contribution in [1.82, 2.24) is 0 Å². The second kappa shape index (κ2) is 6.42. The molecular weight excluding hydrogens is 205 g/mol. The Morgan fingerprint density at radius 3 is 2.06 bits per heavy atom. The van der Waals surface area contributed by atoms with Crippen molar-refractivity contribution in [3.63, 3.8) is 0 Å². The monoisotopic (exact) mass is 219 g/mol. The molecule has 0 N–H and O–H groups in total. The van der Waals surface area contributed by atoms with Crippen LogP contribution in [0.25, 0.3) is 0 Å². The first-order chi connectivity index (χ1) is 7.61. The lowest BCUT2D eigenvalue weighted by atomic mass is 10.1. The Morgan fingerprint density at radius 2 is 1.69 bits per heavy atom. The molecule has 0 radical (unpaired) electrons. The van der Waals surface area contributed by atoms with Gasteiger partial charge in [0.05, 0.1) is 11.3 Å². The van der Waals surface area contributed by atoms with Crippen LogP contribution >= 0.6 is 0 Å². The number of anilines is 1. The highest BCUT2D eigenvalue weighted by molar-refractivity contribution is 5.67. The minimum Gasteiger partial charge on any atom is -0.375 e. The van der Waals surface area contributed by atoms with Gasteiger partial charge in [0.2, 0.25) is 0 Å². The fraction of sp³-hybridized carbons (Fsp3) is 0.333. The van der Waals surface area contributed by atoms with E-state index in [0.717, 1.165) is 6.07 Å². The summed E-state index contributed by atoms with van der Waals surface area (Å²) in [5.41, 5.74) is 0.539. The van der Waals surface area contributed by atoms with Gasteiger partial charge in [0.15, 0.2) is 0 Å². The average molecular weight is 219 g/mol. The van der Waals surface area contributed by atoms with Gasteiger partial charge in [0, 0.05) is 14.1 Å². The van der Waals surface area contributed by atoms with Gasteiger partial charge >= 0.3 is 0 Å². The topological polar surface area (TPSA) is 50.8 Å². The molecule has 1 aromatic carbocycles. The van der Waals surface area contributed by atoms with Crippen LogP contribution in [-0.4, -0.2) is 14.1 Å². The van der Waals surface area contributed by atoms with Crippen molar-refractivity contribution < 1.29 is 4.39 Å². The molecule has 0 atom stereocenters. The van der Waals surface area contributed by atoms with E-state index < -0.39 is 5.82 Å². The van der Waals surface area contributed by atoms with Crippen LogP contribution in [0.4, 0.5) is 10.1 Å². The number of nitrogens with zero attached hydrogens (tertiary/aromatic N) is 3. The van der Waals surface area contributed by atoms with Crippen LogP contribution in [0.1, 0.15) is 25.0 Å². The van der Waals surface area contributed by atoms with Crippen molar-refractivity contribution in [2.75, 3.05) is 19.0 Å². The zero-order chi connectivity index (χ0) is 12.7. The molecule has 4 heteroatoms. The van der Waals surface area contributed by atoms with E-state index in [2.05, 4.69) is 0 Å². The van der Waals surface area contributed by atoms with Gasteiger partial charge in [-0.05, 0) is 12.1 Å². The van der Waals surface area contributed by atoms with Crippen molar-refractivity contribution in [3.8, 4) is 12.1 Å². The van der Waals surface area contributed by atoms with Crippen molar-refractivity contribution >= 4 is 5.69 Å². The molecule has 1 aromatic rings. The van der Waals surface area contributed by atoms with Crippen LogP contribution in [0.3, 0.4) is 0 Å². The maximum absolute atomic E-state index is 13.2. The lowest BCUT2D eigenvalue weighted by Crippen LogP contribution is -2.13. The van der Waals surface area contributed by atoms with Gasteiger partial charge in [0.1, 0.15) is 23.5 Å². The molecule has 0 saturated heterocycles. The van der Waals surface area contributed by atoms with E-state index in [9.17, 15) is 4.39 Å². The number of hydrogen-bond acceptors (Lipinski definition) is 3. The van der Waals surface area contributed by atoms with E-state index in [4.69, 9.17) is 10.5 Å². The molecule has 0 spiro atoms. The third-order valence-corrected chi connectivity index (χ3v) is 1.81. The second-order valence-corrected chi connectivity index (χ2v) is 2.94. The SMILES string of the molecule is CC.CN(C)c1c(C#N)ccc(F)c1C#N. The number of halogens is 1. The Morgan fingerprint density at radius 1 is 1.12 bits per heavy atom. The fourth-order valence-corrected chi connectivity index (χ4v) is 1.23. The largest absolute Gasteiger partial charge is 0.375 e. The van der Waals surface area contributed by atoms with E-state index >= 15 is 0 Å². The molecule has 1 rings (SSSR count). The summed E-state index contributed by atoms with van der Waals surface area (Å²) in [4.78, 5) is 1.56. The van der Waals surface area contributed by atoms with Crippen LogP contribution in [0.2, 0.25) is 0 Å². The van der Waals surface area contributed by atoms with Crippen LogP contribution < -0.4 is 4.90 Å². The Hall–Kier alpha value is -2.07. The van der Waals surface area contributed by atoms with Crippen molar-refractivity contribution in [3.05, 3.63) is 29.1 Å². The van der Waals surface area contributed by atoms with Crippen LogP contribution in [0.5, 0.6) is 0 Å². The quantitative estimate of drug-likeness (QED) is 0.729. The molecule has 0 saturated carbocycles. The lowest BCUT2D eigenvalue weighted by molar-refractivity contribution is 0.623. The Bertz CT molecular complexity index is 439. The first-order valence-corrected chi connectivity index (χ1v) is 4.91. The van der Waals surface area contributed by atoms with Crippen molar-refractivity contribution in [2.24, 2.45) is 0 Å². The minimum absolute atomic E-state index is 0.0888. The molecule has 0 bridgehead atoms. The number of hydrogen-bond donors (Lipinski definition) is 0. The van der Waals surface area contributed by atoms with Crippen LogP contribution in [-0.2, 0) is 0 Å². The normalized spacial score (nSPS) is 8.19. The summed E-state index contributed by atoms with van der Waals surface area (Å²) in [5.74, 6) is -0.602. The van der Waals surface area contributed by atoms with Gasteiger partial charge in [-0.25, -0.2) is 4.39 Å². The fourth-order valence-electron chi connectivity index (χ4n) is 1.23. The smallest absolute Gasteiger partial charge is 0.143 e. The molecule has 16 heavy (non-hydrogen) atoms. The number of benzene rings is 1. The molecule has 0 unspecified atom stereocenters. The summed E-state index contributed by atoms with van der Waals surface area (Å²) in [6.07, 6.45) is 0. The van der Waals surface area contributed by atoms with E-state index in [1.165, 1.54) is 6.07 Å². The minimum atomic E-state index is -0.602. The number of nitriles is 2. The standard InChI is InChI=1S/C10H8FN3.C2H6/c1-14(2)10-7(5-12)3-4-9(11)8(10)6-13;1-2/h3-4H,1-2H3;1-2H3. The summed E-state index contributed by atoms with van der Waals surface area (Å²) >= 11 is 0. The van der Waals surface area contributed by atoms with Gasteiger partial charge in [-0.2, -0.15) is 10.5 Å². The molecule has 0 aliphatic heterocycles. The molecule has 0 aliphatic carbocycles. The number of rotatable bonds is 1. The lowest BCUT2D eigenvalue weighted by Gasteiger charge is -2.15. The Kier molecular flexibility index (Phi) is 5.59. The summed E-state index contributed by atoms with van der Waals surface area (Å²) in [6.45, 7) is 4.00. The molecule has 3 nitrogen and oxygen atoms in total. The molecular formula is C12H14FN3.